The Morgan fingerprint density at radius 1 is 1.55 bits per heavy atom. The van der Waals surface area contributed by atoms with Gasteiger partial charge >= 0.3 is 0 Å². The van der Waals surface area contributed by atoms with Crippen LogP contribution in [0.3, 0.4) is 0 Å². The van der Waals surface area contributed by atoms with E-state index in [1.165, 1.54) is 21.9 Å². The molecule has 1 unspecified atom stereocenters. The number of nitrogens with one attached hydrogen (secondary N) is 1. The Kier molecular flexibility index (Phi) is 4.51. The first-order valence-corrected chi connectivity index (χ1v) is 7.28. The van der Waals surface area contributed by atoms with Crippen molar-refractivity contribution in [3.8, 4) is 0 Å². The number of hydrogen-bond acceptors (Lipinski definition) is 5. The summed E-state index contributed by atoms with van der Waals surface area (Å²) in [6.45, 7) is 4.11. The summed E-state index contributed by atoms with van der Waals surface area (Å²) in [5.74, 6) is -0.165. The first-order valence-electron chi connectivity index (χ1n) is 6.40. The van der Waals surface area contributed by atoms with Crippen LogP contribution < -0.4 is 10.9 Å². The average Bonchev–Trinajstić information content (AvgIpc) is 2.85. The van der Waals surface area contributed by atoms with Crippen LogP contribution in [0.2, 0.25) is 0 Å². The van der Waals surface area contributed by atoms with Gasteiger partial charge in [0.1, 0.15) is 5.56 Å². The third kappa shape index (κ3) is 3.23. The molecule has 0 fully saturated rings. The normalized spacial score (nSPS) is 12.8. The van der Waals surface area contributed by atoms with Crippen molar-refractivity contribution < 1.29 is 9.90 Å². The third-order valence-electron chi connectivity index (χ3n) is 2.83. The first kappa shape index (κ1) is 14.7. The molecule has 0 saturated carbocycles. The zero-order valence-electron chi connectivity index (χ0n) is 11.4. The maximum absolute atomic E-state index is 12.1. The molecule has 2 rings (SSSR count). The largest absolute Gasteiger partial charge is 0.391 e. The van der Waals surface area contributed by atoms with Gasteiger partial charge in [0.25, 0.3) is 11.5 Å². The molecule has 20 heavy (non-hydrogen) atoms. The van der Waals surface area contributed by atoms with Crippen molar-refractivity contribution in [2.45, 2.75) is 26.4 Å². The number of nitrogens with zero attached hydrogens (tertiary/aromatic N) is 2. The highest BCUT2D eigenvalue weighted by Gasteiger charge is 2.15. The minimum Gasteiger partial charge on any atom is -0.391 e. The van der Waals surface area contributed by atoms with Crippen molar-refractivity contribution in [2.24, 2.45) is 5.92 Å². The van der Waals surface area contributed by atoms with E-state index < -0.39 is 17.6 Å². The molecule has 0 aliphatic heterocycles. The predicted octanol–water partition coefficient (Wildman–Crippen LogP) is 0.893. The fraction of sp³-hybridized carbons (Fsp3) is 0.462. The molecule has 2 N–H and O–H groups in total. The van der Waals surface area contributed by atoms with E-state index in [4.69, 9.17) is 0 Å². The van der Waals surface area contributed by atoms with Gasteiger partial charge in [0, 0.05) is 24.3 Å². The van der Waals surface area contributed by atoms with Crippen molar-refractivity contribution in [3.63, 3.8) is 0 Å². The van der Waals surface area contributed by atoms with Gasteiger partial charge in [0.15, 0.2) is 4.96 Å². The van der Waals surface area contributed by atoms with Crippen LogP contribution in [0.15, 0.2) is 22.6 Å². The highest BCUT2D eigenvalue weighted by Crippen LogP contribution is 2.06. The lowest BCUT2D eigenvalue weighted by Gasteiger charge is -2.13. The summed E-state index contributed by atoms with van der Waals surface area (Å²) in [6, 6.07) is 0. The SMILES string of the molecule is CC(C)CC(O)CNC(=O)c1cnc2sccn2c1=O. The molecule has 7 heteroatoms. The Balaban J connectivity index is 2.08. The van der Waals surface area contributed by atoms with E-state index >= 15 is 0 Å². The summed E-state index contributed by atoms with van der Waals surface area (Å²) >= 11 is 1.33. The number of rotatable bonds is 5. The number of amides is 1. The van der Waals surface area contributed by atoms with E-state index in [2.05, 4.69) is 10.3 Å². The Morgan fingerprint density at radius 3 is 3.00 bits per heavy atom. The minimum atomic E-state index is -0.612. The van der Waals surface area contributed by atoms with Crippen LogP contribution >= 0.6 is 11.3 Å². The van der Waals surface area contributed by atoms with E-state index in [0.29, 0.717) is 17.3 Å². The highest BCUT2D eigenvalue weighted by molar-refractivity contribution is 7.15. The molecule has 0 aromatic carbocycles. The Morgan fingerprint density at radius 2 is 2.30 bits per heavy atom. The molecule has 2 heterocycles. The zero-order valence-corrected chi connectivity index (χ0v) is 12.2. The predicted molar refractivity (Wildman–Crippen MR) is 77.1 cm³/mol. The second kappa shape index (κ2) is 6.15. The monoisotopic (exact) mass is 295 g/mol. The average molecular weight is 295 g/mol. The summed E-state index contributed by atoms with van der Waals surface area (Å²) in [5.41, 5.74) is -0.412. The zero-order chi connectivity index (χ0) is 14.7. The quantitative estimate of drug-likeness (QED) is 0.858. The molecular formula is C13H17N3O3S. The van der Waals surface area contributed by atoms with E-state index in [0.717, 1.165) is 0 Å². The van der Waals surface area contributed by atoms with Crippen molar-refractivity contribution in [1.82, 2.24) is 14.7 Å². The lowest BCUT2D eigenvalue weighted by molar-refractivity contribution is 0.0898. The van der Waals surface area contributed by atoms with Gasteiger partial charge in [-0.2, -0.15) is 0 Å². The van der Waals surface area contributed by atoms with E-state index in [-0.39, 0.29) is 12.1 Å². The molecular weight excluding hydrogens is 278 g/mol. The van der Waals surface area contributed by atoms with Gasteiger partial charge in [-0.05, 0) is 12.3 Å². The van der Waals surface area contributed by atoms with Crippen LogP contribution in [0.1, 0.15) is 30.6 Å². The number of fused-ring (bicyclic) bond motifs is 1. The van der Waals surface area contributed by atoms with Gasteiger partial charge in [-0.15, -0.1) is 11.3 Å². The van der Waals surface area contributed by atoms with Gasteiger partial charge in [-0.3, -0.25) is 14.0 Å². The van der Waals surface area contributed by atoms with Gasteiger partial charge in [0.2, 0.25) is 0 Å². The first-order chi connectivity index (χ1) is 9.49. The van der Waals surface area contributed by atoms with Crippen LogP contribution in [0.4, 0.5) is 0 Å². The number of carbonyl (C=O) groups excluding carboxylic acids is 1. The smallest absolute Gasteiger partial charge is 0.271 e. The molecule has 0 radical (unpaired) electrons. The maximum atomic E-state index is 12.1. The van der Waals surface area contributed by atoms with Gasteiger partial charge < -0.3 is 10.4 Å². The molecule has 0 aliphatic carbocycles. The molecule has 2 aromatic heterocycles. The molecule has 1 amide bonds. The third-order valence-corrected chi connectivity index (χ3v) is 3.60. The van der Waals surface area contributed by atoms with Crippen LogP contribution in [-0.2, 0) is 0 Å². The lowest BCUT2D eigenvalue weighted by atomic mass is 10.1. The summed E-state index contributed by atoms with van der Waals surface area (Å²) < 4.78 is 1.34. The lowest BCUT2D eigenvalue weighted by Crippen LogP contribution is -2.36. The van der Waals surface area contributed by atoms with Crippen molar-refractivity contribution in [2.75, 3.05) is 6.54 Å². The molecule has 6 nitrogen and oxygen atoms in total. The number of aromatic nitrogens is 2. The fourth-order valence-electron chi connectivity index (χ4n) is 1.91. The molecule has 0 aliphatic rings. The standard InChI is InChI=1S/C13H17N3O3S/c1-8(2)5-9(17)6-14-11(18)10-7-15-13-16(12(10)19)3-4-20-13/h3-4,7-9,17H,5-6H2,1-2H3,(H,14,18). The molecule has 108 valence electrons. The van der Waals surface area contributed by atoms with E-state index in [1.807, 2.05) is 13.8 Å². The number of carbonyl (C=O) groups is 1. The molecule has 2 aromatic rings. The number of thiazole rings is 1. The fourth-order valence-corrected chi connectivity index (χ4v) is 2.59. The summed E-state index contributed by atoms with van der Waals surface area (Å²) in [5, 5.41) is 14.0. The summed E-state index contributed by atoms with van der Waals surface area (Å²) in [6.07, 6.45) is 2.85. The summed E-state index contributed by atoms with van der Waals surface area (Å²) in [7, 11) is 0. The summed E-state index contributed by atoms with van der Waals surface area (Å²) in [4.78, 5) is 28.6. The van der Waals surface area contributed by atoms with Gasteiger partial charge in [0.05, 0.1) is 6.10 Å². The molecule has 0 spiro atoms. The topological polar surface area (TPSA) is 83.7 Å². The second-order valence-corrected chi connectivity index (χ2v) is 5.90. The van der Waals surface area contributed by atoms with Crippen LogP contribution in [0, 0.1) is 5.92 Å². The number of aliphatic hydroxyl groups excluding tert-OH is 1. The Labute approximate surface area is 120 Å². The molecule has 0 bridgehead atoms. The van der Waals surface area contributed by atoms with E-state index in [1.54, 1.807) is 11.6 Å². The maximum Gasteiger partial charge on any atom is 0.271 e. The van der Waals surface area contributed by atoms with Crippen LogP contribution in [0.25, 0.3) is 4.96 Å². The number of hydrogen-bond donors (Lipinski definition) is 2. The second-order valence-electron chi connectivity index (χ2n) is 5.03. The van der Waals surface area contributed by atoms with Crippen molar-refractivity contribution in [1.29, 1.82) is 0 Å². The van der Waals surface area contributed by atoms with Crippen LogP contribution in [0.5, 0.6) is 0 Å². The van der Waals surface area contributed by atoms with E-state index in [9.17, 15) is 14.7 Å². The van der Waals surface area contributed by atoms with Crippen molar-refractivity contribution >= 4 is 22.2 Å². The highest BCUT2D eigenvalue weighted by atomic mass is 32.1. The van der Waals surface area contributed by atoms with Gasteiger partial charge in [-0.1, -0.05) is 13.8 Å². The Bertz CT molecular complexity index is 662. The van der Waals surface area contributed by atoms with Crippen LogP contribution in [-0.4, -0.2) is 33.0 Å². The number of aliphatic hydroxyl groups is 1. The molecule has 1 atom stereocenters. The van der Waals surface area contributed by atoms with Crippen molar-refractivity contribution in [3.05, 3.63) is 33.7 Å². The van der Waals surface area contributed by atoms with Gasteiger partial charge in [-0.25, -0.2) is 4.98 Å². The molecule has 0 saturated heterocycles. The Hall–Kier alpha value is -1.73. The minimum absolute atomic E-state index is 0.0161.